The van der Waals surface area contributed by atoms with Crippen molar-refractivity contribution in [1.82, 2.24) is 19.2 Å². The molecule has 0 bridgehead atoms. The van der Waals surface area contributed by atoms with Crippen molar-refractivity contribution in [3.05, 3.63) is 40.3 Å². The van der Waals surface area contributed by atoms with Gasteiger partial charge in [-0.2, -0.15) is 4.31 Å². The fourth-order valence-electron chi connectivity index (χ4n) is 3.63. The minimum Gasteiger partial charge on any atom is -0.493 e. The summed E-state index contributed by atoms with van der Waals surface area (Å²) in [5.41, 5.74) is 0.411. The van der Waals surface area contributed by atoms with Crippen LogP contribution in [0.1, 0.15) is 32.4 Å². The van der Waals surface area contributed by atoms with Crippen LogP contribution >= 0.6 is 0 Å². The highest BCUT2D eigenvalue weighted by Gasteiger charge is 2.38. The minimum atomic E-state index is -3.76. The van der Waals surface area contributed by atoms with E-state index in [9.17, 15) is 13.2 Å². The Labute approximate surface area is 193 Å². The maximum absolute atomic E-state index is 13.2. The quantitative estimate of drug-likeness (QED) is 0.415. The molecule has 1 aromatic carbocycles. The van der Waals surface area contributed by atoms with Crippen LogP contribution in [0.5, 0.6) is 5.75 Å². The third kappa shape index (κ3) is 5.49. The van der Waals surface area contributed by atoms with Gasteiger partial charge in [-0.1, -0.05) is 13.3 Å². The Morgan fingerprint density at radius 1 is 1.33 bits per heavy atom. The average Bonchev–Trinajstić information content (AvgIpc) is 2.72. The number of nitrogens with zero attached hydrogens (tertiary/aromatic N) is 3. The summed E-state index contributed by atoms with van der Waals surface area (Å²) in [5, 5.41) is 17.3. The summed E-state index contributed by atoms with van der Waals surface area (Å²) in [5.74, 6) is 0.547. The Bertz CT molecular complexity index is 1160. The van der Waals surface area contributed by atoms with Crippen LogP contribution in [0.15, 0.2) is 34.0 Å². The number of H-pyrrole nitrogens is 1. The number of aliphatic hydroxyl groups is 1. The normalized spacial score (nSPS) is 14.9. The number of rotatable bonds is 11. The van der Waals surface area contributed by atoms with Crippen LogP contribution in [0.25, 0.3) is 11.4 Å². The van der Waals surface area contributed by atoms with E-state index in [0.29, 0.717) is 44.0 Å². The van der Waals surface area contributed by atoms with Gasteiger partial charge in [0.25, 0.3) is 5.56 Å². The summed E-state index contributed by atoms with van der Waals surface area (Å²) in [6, 6.07) is 5.82. The lowest BCUT2D eigenvalue weighted by molar-refractivity contribution is 0.0933. The van der Waals surface area contributed by atoms with Crippen molar-refractivity contribution in [2.75, 3.05) is 39.9 Å². The smallest absolute Gasteiger partial charge is 0.251 e. The number of hydrogen-bond acceptors (Lipinski definition) is 8. The van der Waals surface area contributed by atoms with E-state index in [1.54, 1.807) is 13.0 Å². The summed E-state index contributed by atoms with van der Waals surface area (Å²) >= 11 is 0. The van der Waals surface area contributed by atoms with Gasteiger partial charge in [-0.15, -0.1) is 0 Å². The average molecular weight is 478 g/mol. The highest BCUT2D eigenvalue weighted by atomic mass is 32.2. The SMILES string of the molecule is CCCC(=N)c1cc(=O)[nH]c(-c2cc(S(=O)(=O)N3CC(N(C)CCO)C3)ccc2OCC)n1. The fraction of sp³-hybridized carbons (Fsp3) is 0.500. The van der Waals surface area contributed by atoms with Crippen LogP contribution in [-0.4, -0.2) is 84.3 Å². The molecule has 11 heteroatoms. The van der Waals surface area contributed by atoms with E-state index in [2.05, 4.69) is 9.97 Å². The van der Waals surface area contributed by atoms with E-state index in [1.165, 1.54) is 22.5 Å². The molecular formula is C22H31N5O5S. The van der Waals surface area contributed by atoms with Crippen molar-refractivity contribution in [2.45, 2.75) is 37.6 Å². The van der Waals surface area contributed by atoms with E-state index in [-0.39, 0.29) is 34.8 Å². The van der Waals surface area contributed by atoms with Crippen molar-refractivity contribution >= 4 is 15.7 Å². The van der Waals surface area contributed by atoms with E-state index < -0.39 is 15.6 Å². The van der Waals surface area contributed by atoms with Crippen molar-refractivity contribution in [3.63, 3.8) is 0 Å². The summed E-state index contributed by atoms with van der Waals surface area (Å²) in [4.78, 5) is 21.4. The molecule has 0 atom stereocenters. The molecular weight excluding hydrogens is 446 g/mol. The first-order valence-electron chi connectivity index (χ1n) is 11.0. The molecule has 0 aliphatic carbocycles. The molecule has 10 nitrogen and oxygen atoms in total. The van der Waals surface area contributed by atoms with Gasteiger partial charge in [0.1, 0.15) is 11.6 Å². The van der Waals surface area contributed by atoms with Gasteiger partial charge in [0.15, 0.2) is 0 Å². The number of sulfonamides is 1. The number of ether oxygens (including phenoxy) is 1. The molecule has 2 aromatic rings. The first kappa shape index (κ1) is 25.0. The maximum Gasteiger partial charge on any atom is 0.251 e. The number of benzene rings is 1. The van der Waals surface area contributed by atoms with Crippen molar-refractivity contribution in [3.8, 4) is 17.1 Å². The lowest BCUT2D eigenvalue weighted by Gasteiger charge is -2.42. The van der Waals surface area contributed by atoms with E-state index in [1.807, 2.05) is 18.9 Å². The molecule has 3 rings (SSSR count). The highest BCUT2D eigenvalue weighted by molar-refractivity contribution is 7.89. The first-order valence-corrected chi connectivity index (χ1v) is 12.4. The molecule has 2 heterocycles. The zero-order valence-corrected chi connectivity index (χ0v) is 20.0. The number of likely N-dealkylation sites (N-methyl/N-ethyl adjacent to an activating group) is 1. The highest BCUT2D eigenvalue weighted by Crippen LogP contribution is 2.32. The van der Waals surface area contributed by atoms with Crippen LogP contribution < -0.4 is 10.3 Å². The van der Waals surface area contributed by atoms with Gasteiger partial charge in [0, 0.05) is 31.7 Å². The Hall–Kier alpha value is -2.60. The zero-order chi connectivity index (χ0) is 24.2. The summed E-state index contributed by atoms with van der Waals surface area (Å²) < 4.78 is 33.5. The molecule has 180 valence electrons. The summed E-state index contributed by atoms with van der Waals surface area (Å²) in [6.07, 6.45) is 1.22. The fourth-order valence-corrected chi connectivity index (χ4v) is 5.18. The van der Waals surface area contributed by atoms with Crippen molar-refractivity contribution in [1.29, 1.82) is 5.41 Å². The van der Waals surface area contributed by atoms with Gasteiger partial charge in [0.2, 0.25) is 10.0 Å². The van der Waals surface area contributed by atoms with Crippen molar-refractivity contribution in [2.24, 2.45) is 0 Å². The summed E-state index contributed by atoms with van der Waals surface area (Å²) in [6.45, 7) is 5.25. The molecule has 1 fully saturated rings. The third-order valence-electron chi connectivity index (χ3n) is 5.60. The molecule has 1 aliphatic rings. The number of hydrogen-bond donors (Lipinski definition) is 3. The van der Waals surface area contributed by atoms with Gasteiger partial charge in [-0.25, -0.2) is 13.4 Å². The Morgan fingerprint density at radius 3 is 2.70 bits per heavy atom. The standard InChI is InChI=1S/C22H31N5O5S/c1-4-6-18(23)19-12-21(29)25-22(24-19)17-11-16(7-8-20(17)32-5-2)33(30,31)27-13-15(14-27)26(3)9-10-28/h7-8,11-12,15,23,28H,4-6,9-10,13-14H2,1-3H3,(H,24,25,29). The van der Waals surface area contributed by atoms with Gasteiger partial charge >= 0.3 is 0 Å². The van der Waals surface area contributed by atoms with Gasteiger partial charge in [-0.05, 0) is 38.6 Å². The van der Waals surface area contributed by atoms with Gasteiger partial charge < -0.3 is 20.2 Å². The largest absolute Gasteiger partial charge is 0.493 e. The molecule has 0 amide bonds. The molecule has 1 aromatic heterocycles. The van der Waals surface area contributed by atoms with Gasteiger partial charge in [-0.3, -0.25) is 9.69 Å². The van der Waals surface area contributed by atoms with Crippen LogP contribution in [-0.2, 0) is 10.0 Å². The lowest BCUT2D eigenvalue weighted by Crippen LogP contribution is -2.60. The lowest BCUT2D eigenvalue weighted by atomic mass is 10.1. The Kier molecular flexibility index (Phi) is 8.01. The number of aromatic amines is 1. The van der Waals surface area contributed by atoms with Crippen LogP contribution in [0.4, 0.5) is 0 Å². The second-order valence-corrected chi connectivity index (χ2v) is 9.92. The minimum absolute atomic E-state index is 0.0159. The Morgan fingerprint density at radius 2 is 2.06 bits per heavy atom. The van der Waals surface area contributed by atoms with Crippen LogP contribution in [0.3, 0.4) is 0 Å². The van der Waals surface area contributed by atoms with E-state index in [4.69, 9.17) is 15.3 Å². The van der Waals surface area contributed by atoms with E-state index in [0.717, 1.165) is 6.42 Å². The van der Waals surface area contributed by atoms with Crippen LogP contribution in [0.2, 0.25) is 0 Å². The molecule has 0 unspecified atom stereocenters. The number of nitrogens with one attached hydrogen (secondary N) is 2. The molecule has 1 aliphatic heterocycles. The molecule has 0 spiro atoms. The predicted molar refractivity (Wildman–Crippen MR) is 125 cm³/mol. The Balaban J connectivity index is 1.97. The predicted octanol–water partition coefficient (Wildman–Crippen LogP) is 1.30. The second-order valence-electron chi connectivity index (χ2n) is 7.98. The summed E-state index contributed by atoms with van der Waals surface area (Å²) in [7, 11) is -1.91. The molecule has 33 heavy (non-hydrogen) atoms. The van der Waals surface area contributed by atoms with E-state index >= 15 is 0 Å². The van der Waals surface area contributed by atoms with Gasteiger partial charge in [0.05, 0.1) is 35.1 Å². The first-order chi connectivity index (χ1) is 15.7. The molecule has 3 N–H and O–H groups in total. The number of aromatic nitrogens is 2. The molecule has 0 saturated carbocycles. The zero-order valence-electron chi connectivity index (χ0n) is 19.2. The number of aliphatic hydroxyl groups excluding tert-OH is 1. The monoisotopic (exact) mass is 477 g/mol. The second kappa shape index (κ2) is 10.6. The third-order valence-corrected chi connectivity index (χ3v) is 7.43. The molecule has 0 radical (unpaired) electrons. The van der Waals surface area contributed by atoms with Crippen molar-refractivity contribution < 1.29 is 18.3 Å². The topological polar surface area (TPSA) is 140 Å². The maximum atomic E-state index is 13.2. The molecule has 1 saturated heterocycles. The van der Waals surface area contributed by atoms with Crippen LogP contribution in [0, 0.1) is 5.41 Å².